The Morgan fingerprint density at radius 1 is 0.952 bits per heavy atom. The van der Waals surface area contributed by atoms with E-state index < -0.39 is 11.5 Å². The van der Waals surface area contributed by atoms with Crippen LogP contribution in [-0.4, -0.2) is 53.1 Å². The van der Waals surface area contributed by atoms with E-state index in [1.807, 2.05) is 66.7 Å². The number of benzene rings is 2. The second-order valence-electron chi connectivity index (χ2n) is 11.3. The van der Waals surface area contributed by atoms with Gasteiger partial charge in [0.2, 0.25) is 11.8 Å². The minimum atomic E-state index is -0.653. The van der Waals surface area contributed by atoms with E-state index in [2.05, 4.69) is 18.5 Å². The van der Waals surface area contributed by atoms with Crippen molar-refractivity contribution in [2.24, 2.45) is 11.8 Å². The van der Waals surface area contributed by atoms with Gasteiger partial charge < -0.3 is 20.1 Å². The molecule has 2 aromatic rings. The minimum absolute atomic E-state index is 0.00125. The lowest BCUT2D eigenvalue weighted by molar-refractivity contribution is -0.152. The molecule has 2 amide bonds. The van der Waals surface area contributed by atoms with Gasteiger partial charge in [0.25, 0.3) is 0 Å². The summed E-state index contributed by atoms with van der Waals surface area (Å²) < 4.78 is 5.91. The second kappa shape index (κ2) is 17.3. The van der Waals surface area contributed by atoms with Crippen molar-refractivity contribution in [3.05, 3.63) is 97.1 Å². The quantitative estimate of drug-likeness (QED) is 0.184. The van der Waals surface area contributed by atoms with Gasteiger partial charge in [0.1, 0.15) is 6.61 Å². The van der Waals surface area contributed by atoms with E-state index in [0.717, 1.165) is 24.0 Å². The van der Waals surface area contributed by atoms with E-state index in [9.17, 15) is 19.5 Å². The first-order chi connectivity index (χ1) is 20.4. The molecule has 3 rings (SSSR count). The molecule has 0 aromatic heterocycles. The summed E-state index contributed by atoms with van der Waals surface area (Å²) in [5.74, 6) is -1.61. The van der Waals surface area contributed by atoms with Crippen LogP contribution in [0.3, 0.4) is 0 Å². The molecule has 2 aromatic carbocycles. The summed E-state index contributed by atoms with van der Waals surface area (Å²) in [6.45, 7) is 8.09. The standard InChI is InChI=1S/C35H46N2O5/c1-3-5-19-31(24-28-15-8-6-9-16-28)34(41)42-27-35(20-12-13-21-35)36-33(40)30(14-4-2)25-32(39)37(22-23-38)26-29-17-10-7-11-18-29/h3-4,6-11,15-18,30-31,38H,1-2,5,12-14,19-27H2,(H,36,40)/t30-,31+/m0/s1. The number of amides is 2. The summed E-state index contributed by atoms with van der Waals surface area (Å²) in [6, 6.07) is 19.5. The first-order valence-electron chi connectivity index (χ1n) is 15.1. The third kappa shape index (κ3) is 10.3. The zero-order chi connectivity index (χ0) is 30.2. The molecule has 0 spiro atoms. The largest absolute Gasteiger partial charge is 0.463 e. The molecule has 7 heteroatoms. The van der Waals surface area contributed by atoms with Crippen molar-refractivity contribution in [3.63, 3.8) is 0 Å². The number of hydrogen-bond acceptors (Lipinski definition) is 5. The summed E-state index contributed by atoms with van der Waals surface area (Å²) >= 11 is 0. The highest BCUT2D eigenvalue weighted by atomic mass is 16.5. The van der Waals surface area contributed by atoms with Gasteiger partial charge in [-0.3, -0.25) is 14.4 Å². The molecule has 7 nitrogen and oxygen atoms in total. The number of nitrogens with zero attached hydrogens (tertiary/aromatic N) is 1. The van der Waals surface area contributed by atoms with Crippen molar-refractivity contribution in [2.75, 3.05) is 19.8 Å². The Kier molecular flexibility index (Phi) is 13.5. The van der Waals surface area contributed by atoms with Crippen LogP contribution in [0.1, 0.15) is 62.5 Å². The van der Waals surface area contributed by atoms with Gasteiger partial charge in [0.15, 0.2) is 0 Å². The number of esters is 1. The smallest absolute Gasteiger partial charge is 0.309 e. The number of ether oxygens (including phenoxy) is 1. The number of aliphatic hydroxyl groups is 1. The van der Waals surface area contributed by atoms with Crippen molar-refractivity contribution >= 4 is 17.8 Å². The Morgan fingerprint density at radius 2 is 1.60 bits per heavy atom. The van der Waals surface area contributed by atoms with Gasteiger partial charge in [-0.1, -0.05) is 85.7 Å². The highest BCUT2D eigenvalue weighted by molar-refractivity contribution is 5.86. The van der Waals surface area contributed by atoms with Crippen LogP contribution in [0.15, 0.2) is 86.0 Å². The van der Waals surface area contributed by atoms with Gasteiger partial charge in [-0.15, -0.1) is 13.2 Å². The number of rotatable bonds is 18. The lowest BCUT2D eigenvalue weighted by atomic mass is 9.93. The van der Waals surface area contributed by atoms with Crippen LogP contribution in [-0.2, 0) is 32.1 Å². The number of allylic oxidation sites excluding steroid dienone is 2. The molecule has 2 atom stereocenters. The number of hydrogen-bond donors (Lipinski definition) is 2. The van der Waals surface area contributed by atoms with Crippen LogP contribution in [0.4, 0.5) is 0 Å². The molecule has 226 valence electrons. The maximum absolute atomic E-state index is 13.6. The second-order valence-corrected chi connectivity index (χ2v) is 11.3. The van der Waals surface area contributed by atoms with Gasteiger partial charge in [0, 0.05) is 19.5 Å². The molecule has 2 N–H and O–H groups in total. The molecule has 0 bridgehead atoms. The van der Waals surface area contributed by atoms with Crippen LogP contribution in [0.25, 0.3) is 0 Å². The number of carbonyl (C=O) groups is 3. The first kappa shape index (κ1) is 32.8. The average molecular weight is 575 g/mol. The molecular formula is C35H46N2O5. The minimum Gasteiger partial charge on any atom is -0.463 e. The van der Waals surface area contributed by atoms with Crippen LogP contribution in [0.2, 0.25) is 0 Å². The topological polar surface area (TPSA) is 95.9 Å². The third-order valence-electron chi connectivity index (χ3n) is 8.00. The molecule has 0 radical (unpaired) electrons. The lowest BCUT2D eigenvalue weighted by Crippen LogP contribution is -2.52. The maximum atomic E-state index is 13.6. The Balaban J connectivity index is 1.65. The molecular weight excluding hydrogens is 528 g/mol. The maximum Gasteiger partial charge on any atom is 0.309 e. The van der Waals surface area contributed by atoms with Gasteiger partial charge >= 0.3 is 5.97 Å². The number of carbonyl (C=O) groups excluding carboxylic acids is 3. The molecule has 0 heterocycles. The Morgan fingerprint density at radius 3 is 2.19 bits per heavy atom. The number of nitrogens with one attached hydrogen (secondary N) is 1. The van der Waals surface area contributed by atoms with Gasteiger partial charge in [0.05, 0.1) is 24.0 Å². The van der Waals surface area contributed by atoms with Crippen LogP contribution >= 0.6 is 0 Å². The fraction of sp³-hybridized carbons (Fsp3) is 0.457. The normalized spacial score (nSPS) is 15.3. The van der Waals surface area contributed by atoms with Crippen molar-refractivity contribution in [1.29, 1.82) is 0 Å². The number of aliphatic hydroxyl groups excluding tert-OH is 1. The molecule has 0 aliphatic heterocycles. The van der Waals surface area contributed by atoms with E-state index in [1.54, 1.807) is 11.0 Å². The fourth-order valence-corrected chi connectivity index (χ4v) is 5.61. The molecule has 1 saturated carbocycles. The zero-order valence-electron chi connectivity index (χ0n) is 24.7. The summed E-state index contributed by atoms with van der Waals surface area (Å²) in [5, 5.41) is 12.8. The third-order valence-corrected chi connectivity index (χ3v) is 8.00. The molecule has 0 saturated heterocycles. The first-order valence-corrected chi connectivity index (χ1v) is 15.1. The van der Waals surface area contributed by atoms with E-state index in [1.165, 1.54) is 0 Å². The SMILES string of the molecule is C=CCC[C@H](Cc1ccccc1)C(=O)OCC1(NC(=O)[C@@H](CC=C)CC(=O)N(CCO)Cc2ccccc2)CCCC1. The Bertz CT molecular complexity index is 1140. The van der Waals surface area contributed by atoms with Crippen LogP contribution in [0.5, 0.6) is 0 Å². The zero-order valence-corrected chi connectivity index (χ0v) is 24.7. The molecule has 1 aliphatic carbocycles. The Labute approximate surface area is 250 Å². The van der Waals surface area contributed by atoms with Crippen molar-refractivity contribution in [2.45, 2.75) is 69.9 Å². The van der Waals surface area contributed by atoms with Crippen molar-refractivity contribution in [3.8, 4) is 0 Å². The van der Waals surface area contributed by atoms with Crippen LogP contribution < -0.4 is 5.32 Å². The molecule has 1 fully saturated rings. The average Bonchev–Trinajstić information content (AvgIpc) is 3.47. The van der Waals surface area contributed by atoms with Gasteiger partial charge in [-0.2, -0.15) is 0 Å². The molecule has 42 heavy (non-hydrogen) atoms. The summed E-state index contributed by atoms with van der Waals surface area (Å²) in [4.78, 5) is 41.7. The van der Waals surface area contributed by atoms with E-state index >= 15 is 0 Å². The predicted molar refractivity (Wildman–Crippen MR) is 165 cm³/mol. The monoisotopic (exact) mass is 574 g/mol. The predicted octanol–water partition coefficient (Wildman–Crippen LogP) is 5.39. The lowest BCUT2D eigenvalue weighted by Gasteiger charge is -2.32. The van der Waals surface area contributed by atoms with Crippen molar-refractivity contribution < 1.29 is 24.2 Å². The van der Waals surface area contributed by atoms with Gasteiger partial charge in [-0.25, -0.2) is 0 Å². The fourth-order valence-electron chi connectivity index (χ4n) is 5.61. The van der Waals surface area contributed by atoms with E-state index in [0.29, 0.717) is 45.1 Å². The van der Waals surface area contributed by atoms with E-state index in [-0.39, 0.29) is 49.9 Å². The molecule has 0 unspecified atom stereocenters. The highest BCUT2D eigenvalue weighted by Gasteiger charge is 2.39. The summed E-state index contributed by atoms with van der Waals surface area (Å²) in [7, 11) is 0. The van der Waals surface area contributed by atoms with Gasteiger partial charge in [-0.05, 0) is 49.7 Å². The summed E-state index contributed by atoms with van der Waals surface area (Å²) in [5.41, 5.74) is 1.38. The summed E-state index contributed by atoms with van der Waals surface area (Å²) in [6.07, 6.45) is 9.02. The van der Waals surface area contributed by atoms with Crippen LogP contribution in [0, 0.1) is 11.8 Å². The Hall–Kier alpha value is -3.71. The molecule has 1 aliphatic rings. The highest BCUT2D eigenvalue weighted by Crippen LogP contribution is 2.31. The van der Waals surface area contributed by atoms with Crippen molar-refractivity contribution in [1.82, 2.24) is 10.2 Å². The van der Waals surface area contributed by atoms with E-state index in [4.69, 9.17) is 4.74 Å².